The van der Waals surface area contributed by atoms with Gasteiger partial charge in [0.1, 0.15) is 4.33 Å². The molecule has 0 bridgehead atoms. The van der Waals surface area contributed by atoms with Gasteiger partial charge in [0.2, 0.25) is 0 Å². The molecule has 4 heteroatoms. The van der Waals surface area contributed by atoms with Crippen molar-refractivity contribution in [3.63, 3.8) is 0 Å². The van der Waals surface area contributed by atoms with Crippen LogP contribution in [0.1, 0.15) is 12.8 Å². The molecule has 1 aliphatic rings. The van der Waals surface area contributed by atoms with Gasteiger partial charge in [0.05, 0.1) is 0 Å². The Hall–Kier alpha value is 0.830. The van der Waals surface area contributed by atoms with E-state index in [0.717, 1.165) is 12.8 Å². The lowest BCUT2D eigenvalue weighted by molar-refractivity contribution is 0.730. The van der Waals surface area contributed by atoms with Crippen molar-refractivity contribution in [1.29, 1.82) is 0 Å². The molecule has 2 N–H and O–H groups in total. The molecular formula is C5H10Cl3N. The minimum atomic E-state index is -0.417. The average molecular weight is 191 g/mol. The average Bonchev–Trinajstić information content (AvgIpc) is 2.15. The molecule has 1 fully saturated rings. The Bertz CT molecular complexity index is 94.2. The van der Waals surface area contributed by atoms with Gasteiger partial charge in [-0.2, -0.15) is 0 Å². The predicted molar refractivity (Wildman–Crippen MR) is 43.5 cm³/mol. The Morgan fingerprint density at radius 3 is 2.11 bits per heavy atom. The van der Waals surface area contributed by atoms with Crippen molar-refractivity contribution in [1.82, 2.24) is 0 Å². The number of halogens is 3. The van der Waals surface area contributed by atoms with Gasteiger partial charge in [0, 0.05) is 0 Å². The largest absolute Gasteiger partial charge is 0.330 e. The van der Waals surface area contributed by atoms with Crippen molar-refractivity contribution < 1.29 is 0 Å². The van der Waals surface area contributed by atoms with Crippen LogP contribution >= 0.6 is 35.6 Å². The van der Waals surface area contributed by atoms with Gasteiger partial charge in [-0.15, -0.1) is 35.6 Å². The van der Waals surface area contributed by atoms with Crippen LogP contribution in [0.15, 0.2) is 0 Å². The monoisotopic (exact) mass is 189 g/mol. The molecule has 0 aromatic carbocycles. The number of hydrogen-bond acceptors (Lipinski definition) is 1. The van der Waals surface area contributed by atoms with E-state index in [1.807, 2.05) is 0 Å². The zero-order chi connectivity index (χ0) is 6.20. The van der Waals surface area contributed by atoms with Gasteiger partial charge in [-0.25, -0.2) is 0 Å². The molecule has 9 heavy (non-hydrogen) atoms. The maximum Gasteiger partial charge on any atom is 0.121 e. The van der Waals surface area contributed by atoms with Gasteiger partial charge in [-0.05, 0) is 25.3 Å². The Morgan fingerprint density at radius 1 is 1.56 bits per heavy atom. The summed E-state index contributed by atoms with van der Waals surface area (Å²) < 4.78 is -0.417. The summed E-state index contributed by atoms with van der Waals surface area (Å²) in [5, 5.41) is 0. The first-order valence-corrected chi connectivity index (χ1v) is 3.50. The van der Waals surface area contributed by atoms with E-state index < -0.39 is 4.33 Å². The summed E-state index contributed by atoms with van der Waals surface area (Å²) in [6.45, 7) is 0.700. The molecule has 0 heterocycles. The highest BCUT2D eigenvalue weighted by Gasteiger charge is 2.50. The molecule has 1 atom stereocenters. The fourth-order valence-electron chi connectivity index (χ4n) is 0.784. The third kappa shape index (κ3) is 2.50. The molecule has 0 aromatic heterocycles. The number of alkyl halides is 2. The topological polar surface area (TPSA) is 26.0 Å². The molecule has 1 rings (SSSR count). The zero-order valence-corrected chi connectivity index (χ0v) is 7.27. The van der Waals surface area contributed by atoms with E-state index in [1.54, 1.807) is 0 Å². The highest BCUT2D eigenvalue weighted by molar-refractivity contribution is 6.50. The first kappa shape index (κ1) is 9.83. The lowest BCUT2D eigenvalue weighted by Crippen LogP contribution is -2.02. The van der Waals surface area contributed by atoms with Crippen LogP contribution in [-0.4, -0.2) is 10.9 Å². The van der Waals surface area contributed by atoms with Crippen molar-refractivity contribution in [2.24, 2.45) is 11.7 Å². The Kier molecular flexibility index (Phi) is 3.59. The quantitative estimate of drug-likeness (QED) is 0.662. The number of rotatable bonds is 2. The number of hydrogen-bond donors (Lipinski definition) is 1. The minimum absolute atomic E-state index is 0. The highest BCUT2D eigenvalue weighted by atomic mass is 35.5. The third-order valence-electron chi connectivity index (χ3n) is 1.47. The molecule has 1 saturated carbocycles. The second kappa shape index (κ2) is 3.29. The van der Waals surface area contributed by atoms with Crippen LogP contribution in [0.2, 0.25) is 0 Å². The van der Waals surface area contributed by atoms with E-state index in [9.17, 15) is 0 Å². The first-order valence-electron chi connectivity index (χ1n) is 2.74. The summed E-state index contributed by atoms with van der Waals surface area (Å²) in [4.78, 5) is 0. The van der Waals surface area contributed by atoms with Gasteiger partial charge in [0.15, 0.2) is 0 Å². The second-order valence-electron chi connectivity index (χ2n) is 2.24. The summed E-state index contributed by atoms with van der Waals surface area (Å²) >= 11 is 11.4. The minimum Gasteiger partial charge on any atom is -0.330 e. The van der Waals surface area contributed by atoms with Gasteiger partial charge in [-0.3, -0.25) is 0 Å². The standard InChI is InChI=1S/C5H9Cl2N.ClH/c6-5(7)3-4(5)1-2-8;/h4H,1-3,8H2;1H. The van der Waals surface area contributed by atoms with Crippen LogP contribution in [0.3, 0.4) is 0 Å². The molecule has 1 aliphatic carbocycles. The molecule has 1 nitrogen and oxygen atoms in total. The normalized spacial score (nSPS) is 29.0. The Labute approximate surface area is 71.3 Å². The van der Waals surface area contributed by atoms with Crippen LogP contribution < -0.4 is 5.73 Å². The molecule has 0 radical (unpaired) electrons. The van der Waals surface area contributed by atoms with Crippen LogP contribution in [0, 0.1) is 5.92 Å². The van der Waals surface area contributed by atoms with E-state index >= 15 is 0 Å². The lowest BCUT2D eigenvalue weighted by atomic mass is 10.3. The molecule has 1 unspecified atom stereocenters. The molecule has 56 valence electrons. The van der Waals surface area contributed by atoms with E-state index in [4.69, 9.17) is 28.9 Å². The summed E-state index contributed by atoms with van der Waals surface area (Å²) in [6.07, 6.45) is 1.89. The zero-order valence-electron chi connectivity index (χ0n) is 4.94. The lowest BCUT2D eigenvalue weighted by Gasteiger charge is -1.93. The molecular weight excluding hydrogens is 180 g/mol. The second-order valence-corrected chi connectivity index (χ2v) is 3.78. The Balaban J connectivity index is 0.000000640. The fourth-order valence-corrected chi connectivity index (χ4v) is 1.37. The summed E-state index contributed by atoms with van der Waals surface area (Å²) in [5.74, 6) is 0.468. The summed E-state index contributed by atoms with van der Waals surface area (Å²) in [7, 11) is 0. The van der Waals surface area contributed by atoms with Crippen LogP contribution in [0.25, 0.3) is 0 Å². The highest BCUT2D eigenvalue weighted by Crippen LogP contribution is 2.54. The molecule has 0 aliphatic heterocycles. The summed E-state index contributed by atoms with van der Waals surface area (Å²) in [5.41, 5.74) is 5.27. The molecule has 0 saturated heterocycles. The van der Waals surface area contributed by atoms with Gasteiger partial charge < -0.3 is 5.73 Å². The summed E-state index contributed by atoms with van der Waals surface area (Å²) in [6, 6.07) is 0. The third-order valence-corrected chi connectivity index (χ3v) is 2.40. The van der Waals surface area contributed by atoms with Gasteiger partial charge in [0.25, 0.3) is 0 Å². The van der Waals surface area contributed by atoms with E-state index in [1.165, 1.54) is 0 Å². The maximum atomic E-state index is 5.70. The van der Waals surface area contributed by atoms with Gasteiger partial charge in [-0.1, -0.05) is 0 Å². The van der Waals surface area contributed by atoms with E-state index in [2.05, 4.69) is 0 Å². The molecule has 0 aromatic rings. The smallest absolute Gasteiger partial charge is 0.121 e. The molecule has 0 amide bonds. The van der Waals surface area contributed by atoms with Crippen molar-refractivity contribution in [2.45, 2.75) is 17.2 Å². The van der Waals surface area contributed by atoms with Crippen LogP contribution in [-0.2, 0) is 0 Å². The fraction of sp³-hybridized carbons (Fsp3) is 1.00. The maximum absolute atomic E-state index is 5.70. The Morgan fingerprint density at radius 2 is 2.00 bits per heavy atom. The predicted octanol–water partition coefficient (Wildman–Crippen LogP) is 1.95. The van der Waals surface area contributed by atoms with Crippen molar-refractivity contribution >= 4 is 35.6 Å². The van der Waals surface area contributed by atoms with Crippen LogP contribution in [0.5, 0.6) is 0 Å². The van der Waals surface area contributed by atoms with E-state index in [0.29, 0.717) is 12.5 Å². The SMILES string of the molecule is Cl.NCCC1CC1(Cl)Cl. The van der Waals surface area contributed by atoms with Gasteiger partial charge >= 0.3 is 0 Å². The number of nitrogens with two attached hydrogens (primary N) is 1. The van der Waals surface area contributed by atoms with Crippen molar-refractivity contribution in [2.75, 3.05) is 6.54 Å². The van der Waals surface area contributed by atoms with Crippen molar-refractivity contribution in [3.05, 3.63) is 0 Å². The van der Waals surface area contributed by atoms with Crippen molar-refractivity contribution in [3.8, 4) is 0 Å². The first-order chi connectivity index (χ1) is 3.67. The van der Waals surface area contributed by atoms with E-state index in [-0.39, 0.29) is 12.4 Å². The van der Waals surface area contributed by atoms with Crippen LogP contribution in [0.4, 0.5) is 0 Å². The molecule has 0 spiro atoms.